The Morgan fingerprint density at radius 3 is 1.11 bits per heavy atom. The summed E-state index contributed by atoms with van der Waals surface area (Å²) >= 11 is 0. The number of alkyl halides is 3. The van der Waals surface area contributed by atoms with Gasteiger partial charge in [0.15, 0.2) is 0 Å². The third-order valence-electron chi connectivity index (χ3n) is 10.3. The van der Waals surface area contributed by atoms with Crippen molar-refractivity contribution in [1.29, 1.82) is 0 Å². The van der Waals surface area contributed by atoms with E-state index in [2.05, 4.69) is 77.6 Å². The number of halogens is 3. The van der Waals surface area contributed by atoms with Gasteiger partial charge in [0.2, 0.25) is 0 Å². The standard InChI is InChI=1S/C48H33F3N6/c1-30-12-9-15-36(24-30)55-42-21-6-3-18-39(42)52-45(55)32-26-33(46-53-40-19-4-7-22-43(40)56(46)37-16-10-13-31(2)25-37)28-34(27-32)47-54-41-20-5-8-23-44(41)57(47)38-17-11-14-35(29-38)48(49,50)51/h3-29H,1-2H3. The summed E-state index contributed by atoms with van der Waals surface area (Å²) in [4.78, 5) is 15.6. The largest absolute Gasteiger partial charge is 0.416 e. The first-order valence-electron chi connectivity index (χ1n) is 18.6. The van der Waals surface area contributed by atoms with Crippen LogP contribution in [0.25, 0.3) is 84.3 Å². The van der Waals surface area contributed by atoms with Crippen LogP contribution >= 0.6 is 0 Å². The predicted molar refractivity (Wildman–Crippen MR) is 221 cm³/mol. The third kappa shape index (κ3) is 5.95. The van der Waals surface area contributed by atoms with E-state index >= 15 is 0 Å². The SMILES string of the molecule is Cc1cccc(-n2c(-c3cc(-c4nc5ccccc5n4-c4cccc(C)c4)cc(-c4nc5ccccc5n4-c4cccc(C(F)(F)F)c4)c3)nc3ccccc32)c1. The summed E-state index contributed by atoms with van der Waals surface area (Å²) in [6.07, 6.45) is -4.52. The second kappa shape index (κ2) is 13.2. The molecule has 9 heteroatoms. The van der Waals surface area contributed by atoms with Gasteiger partial charge >= 0.3 is 6.18 Å². The number of benzene rings is 7. The summed E-state index contributed by atoms with van der Waals surface area (Å²) in [6, 6.07) is 51.7. The average molecular weight is 751 g/mol. The van der Waals surface area contributed by atoms with Crippen LogP contribution in [0, 0.1) is 13.8 Å². The van der Waals surface area contributed by atoms with E-state index < -0.39 is 11.7 Å². The summed E-state index contributed by atoms with van der Waals surface area (Å²) in [5.41, 5.74) is 10.8. The second-order valence-corrected chi connectivity index (χ2v) is 14.3. The normalized spacial score (nSPS) is 11.9. The summed E-state index contributed by atoms with van der Waals surface area (Å²) in [7, 11) is 0. The number of fused-ring (bicyclic) bond motifs is 3. The zero-order chi connectivity index (χ0) is 38.8. The van der Waals surface area contributed by atoms with E-state index in [4.69, 9.17) is 15.0 Å². The Morgan fingerprint density at radius 2 is 0.737 bits per heavy atom. The molecule has 0 N–H and O–H groups in total. The van der Waals surface area contributed by atoms with Gasteiger partial charge in [-0.25, -0.2) is 15.0 Å². The molecule has 0 radical (unpaired) electrons. The molecule has 0 spiro atoms. The lowest BCUT2D eigenvalue weighted by Gasteiger charge is -2.16. The molecule has 0 aliphatic heterocycles. The lowest BCUT2D eigenvalue weighted by Crippen LogP contribution is -2.07. The van der Waals surface area contributed by atoms with E-state index in [0.717, 1.165) is 61.8 Å². The van der Waals surface area contributed by atoms with Gasteiger partial charge in [-0.2, -0.15) is 13.2 Å². The first-order valence-corrected chi connectivity index (χ1v) is 18.6. The molecule has 6 nitrogen and oxygen atoms in total. The monoisotopic (exact) mass is 750 g/mol. The maximum absolute atomic E-state index is 14.2. The van der Waals surface area contributed by atoms with E-state index in [1.807, 2.05) is 84.9 Å². The topological polar surface area (TPSA) is 53.5 Å². The Morgan fingerprint density at radius 1 is 0.386 bits per heavy atom. The molecule has 0 amide bonds. The fourth-order valence-electron chi connectivity index (χ4n) is 7.81. The molecule has 276 valence electrons. The maximum atomic E-state index is 14.2. The first kappa shape index (κ1) is 34.2. The van der Waals surface area contributed by atoms with Crippen LogP contribution in [0.4, 0.5) is 13.2 Å². The van der Waals surface area contributed by atoms with Gasteiger partial charge in [0.1, 0.15) is 17.5 Å². The van der Waals surface area contributed by atoms with E-state index in [1.165, 1.54) is 12.1 Å². The first-order chi connectivity index (χ1) is 27.7. The molecule has 7 aromatic carbocycles. The number of hydrogen-bond acceptors (Lipinski definition) is 3. The van der Waals surface area contributed by atoms with Gasteiger partial charge in [0.25, 0.3) is 0 Å². The van der Waals surface area contributed by atoms with Gasteiger partial charge in [0.05, 0.1) is 38.7 Å². The Balaban J connectivity index is 1.31. The quantitative estimate of drug-likeness (QED) is 0.170. The van der Waals surface area contributed by atoms with Crippen LogP contribution in [0.2, 0.25) is 0 Å². The summed E-state index contributed by atoms with van der Waals surface area (Å²) in [5, 5.41) is 0. The molecule has 0 atom stereocenters. The molecule has 0 fully saturated rings. The van der Waals surface area contributed by atoms with Gasteiger partial charge in [0, 0.05) is 33.8 Å². The number of para-hydroxylation sites is 6. The molecule has 0 aliphatic rings. The predicted octanol–water partition coefficient (Wildman–Crippen LogP) is 12.3. The molecule has 0 saturated carbocycles. The van der Waals surface area contributed by atoms with E-state index in [0.29, 0.717) is 39.8 Å². The number of aryl methyl sites for hydroxylation is 2. The van der Waals surface area contributed by atoms with Crippen molar-refractivity contribution in [2.45, 2.75) is 20.0 Å². The zero-order valence-electron chi connectivity index (χ0n) is 30.9. The van der Waals surface area contributed by atoms with Crippen molar-refractivity contribution in [3.8, 4) is 51.2 Å². The molecule has 0 bridgehead atoms. The molecule has 57 heavy (non-hydrogen) atoms. The van der Waals surface area contributed by atoms with Crippen molar-refractivity contribution in [2.24, 2.45) is 0 Å². The van der Waals surface area contributed by atoms with Crippen LogP contribution in [0.5, 0.6) is 0 Å². The highest BCUT2D eigenvalue weighted by molar-refractivity contribution is 5.90. The van der Waals surface area contributed by atoms with Crippen LogP contribution in [0.1, 0.15) is 16.7 Å². The minimum Gasteiger partial charge on any atom is -0.292 e. The van der Waals surface area contributed by atoms with Gasteiger partial charge in [-0.3, -0.25) is 13.7 Å². The Kier molecular flexibility index (Phi) is 7.93. The van der Waals surface area contributed by atoms with Crippen molar-refractivity contribution in [2.75, 3.05) is 0 Å². The fourth-order valence-corrected chi connectivity index (χ4v) is 7.81. The highest BCUT2D eigenvalue weighted by Crippen LogP contribution is 2.39. The third-order valence-corrected chi connectivity index (χ3v) is 10.3. The molecular formula is C48H33F3N6. The van der Waals surface area contributed by atoms with Crippen molar-refractivity contribution >= 4 is 33.1 Å². The average Bonchev–Trinajstić information content (AvgIpc) is 3.93. The van der Waals surface area contributed by atoms with Crippen LogP contribution < -0.4 is 0 Å². The van der Waals surface area contributed by atoms with Gasteiger partial charge in [-0.1, -0.05) is 66.7 Å². The maximum Gasteiger partial charge on any atom is 0.416 e. The molecule has 0 unspecified atom stereocenters. The molecular weight excluding hydrogens is 718 g/mol. The van der Waals surface area contributed by atoms with Crippen molar-refractivity contribution in [3.63, 3.8) is 0 Å². The highest BCUT2D eigenvalue weighted by atomic mass is 19.4. The highest BCUT2D eigenvalue weighted by Gasteiger charge is 2.31. The summed E-state index contributed by atoms with van der Waals surface area (Å²) in [6.45, 7) is 4.13. The van der Waals surface area contributed by atoms with Crippen molar-refractivity contribution < 1.29 is 13.2 Å². The molecule has 10 rings (SSSR count). The second-order valence-electron chi connectivity index (χ2n) is 14.3. The number of imidazole rings is 3. The molecule has 0 saturated heterocycles. The number of nitrogens with zero attached hydrogens (tertiary/aromatic N) is 6. The van der Waals surface area contributed by atoms with Crippen LogP contribution in [-0.2, 0) is 6.18 Å². The van der Waals surface area contributed by atoms with Gasteiger partial charge in [-0.15, -0.1) is 0 Å². The molecule has 3 heterocycles. The van der Waals surface area contributed by atoms with E-state index in [9.17, 15) is 13.2 Å². The lowest BCUT2D eigenvalue weighted by molar-refractivity contribution is -0.137. The lowest BCUT2D eigenvalue weighted by atomic mass is 10.0. The van der Waals surface area contributed by atoms with E-state index in [-0.39, 0.29) is 0 Å². The van der Waals surface area contributed by atoms with E-state index in [1.54, 1.807) is 10.6 Å². The Hall–Kier alpha value is -7.26. The molecule has 0 aliphatic carbocycles. The van der Waals surface area contributed by atoms with Crippen LogP contribution in [0.15, 0.2) is 164 Å². The zero-order valence-corrected chi connectivity index (χ0v) is 30.9. The van der Waals surface area contributed by atoms with Crippen LogP contribution in [0.3, 0.4) is 0 Å². The Labute approximate surface area is 325 Å². The van der Waals surface area contributed by atoms with Gasteiger partial charge in [-0.05, 0) is 122 Å². The number of aromatic nitrogens is 6. The van der Waals surface area contributed by atoms with Gasteiger partial charge < -0.3 is 0 Å². The van der Waals surface area contributed by atoms with Crippen molar-refractivity contribution in [3.05, 3.63) is 180 Å². The smallest absolute Gasteiger partial charge is 0.292 e. The van der Waals surface area contributed by atoms with Crippen molar-refractivity contribution in [1.82, 2.24) is 28.7 Å². The number of rotatable bonds is 6. The summed E-state index contributed by atoms with van der Waals surface area (Å²) < 4.78 is 48.6. The fraction of sp³-hybridized carbons (Fsp3) is 0.0625. The minimum atomic E-state index is -4.52. The number of hydrogen-bond donors (Lipinski definition) is 0. The minimum absolute atomic E-state index is 0.347. The Bertz CT molecular complexity index is 3020. The molecule has 3 aromatic heterocycles. The van der Waals surface area contributed by atoms with Crippen LogP contribution in [-0.4, -0.2) is 28.7 Å². The summed E-state index contributed by atoms with van der Waals surface area (Å²) in [5.74, 6) is 1.88. The molecule has 10 aromatic rings.